The molecule has 0 N–H and O–H groups in total. The van der Waals surface area contributed by atoms with Crippen LogP contribution in [0.1, 0.15) is 28.8 Å². The molecule has 1 aliphatic carbocycles. The van der Waals surface area contributed by atoms with E-state index in [0.717, 1.165) is 29.6 Å². The lowest BCUT2D eigenvalue weighted by molar-refractivity contribution is 0.0970. The van der Waals surface area contributed by atoms with Crippen LogP contribution in [0, 0.1) is 0 Å². The summed E-state index contributed by atoms with van der Waals surface area (Å²) in [6, 6.07) is 0. The van der Waals surface area contributed by atoms with Crippen molar-refractivity contribution in [1.82, 2.24) is 0 Å². The molecule has 0 bridgehead atoms. The standard InChI is InChI=1S/C9H9ClO3S2/c1-15(12,13)9-7-5(8(10)14-9)3-2-4-6(7)11/h2-4H2,1H3. The summed E-state index contributed by atoms with van der Waals surface area (Å²) >= 11 is 6.93. The normalized spacial score (nSPS) is 16.5. The molecule has 0 saturated heterocycles. The highest BCUT2D eigenvalue weighted by Gasteiger charge is 2.30. The summed E-state index contributed by atoms with van der Waals surface area (Å²) in [5.74, 6) is -0.0974. The predicted octanol–water partition coefficient (Wildman–Crippen LogP) is 2.32. The molecule has 1 heterocycles. The van der Waals surface area contributed by atoms with Crippen LogP contribution >= 0.6 is 22.9 Å². The Kier molecular flexibility index (Phi) is 2.65. The lowest BCUT2D eigenvalue weighted by atomic mass is 9.95. The number of carbonyl (C=O) groups excluding carboxylic acids is 1. The first-order chi connectivity index (χ1) is 6.91. The Balaban J connectivity index is 2.74. The van der Waals surface area contributed by atoms with Crippen molar-refractivity contribution >= 4 is 38.6 Å². The van der Waals surface area contributed by atoms with Gasteiger partial charge in [-0.05, 0) is 18.4 Å². The average molecular weight is 265 g/mol. The largest absolute Gasteiger partial charge is 0.294 e. The molecule has 0 atom stereocenters. The third kappa shape index (κ3) is 1.84. The fourth-order valence-electron chi connectivity index (χ4n) is 1.73. The van der Waals surface area contributed by atoms with Crippen LogP contribution in [0.2, 0.25) is 4.34 Å². The Morgan fingerprint density at radius 3 is 2.60 bits per heavy atom. The van der Waals surface area contributed by atoms with Gasteiger partial charge in [0.1, 0.15) is 4.21 Å². The van der Waals surface area contributed by atoms with E-state index in [2.05, 4.69) is 0 Å². The van der Waals surface area contributed by atoms with E-state index in [9.17, 15) is 13.2 Å². The predicted molar refractivity (Wildman–Crippen MR) is 59.7 cm³/mol. The molecule has 15 heavy (non-hydrogen) atoms. The van der Waals surface area contributed by atoms with Crippen molar-refractivity contribution in [1.29, 1.82) is 0 Å². The molecule has 1 aromatic heterocycles. The zero-order chi connectivity index (χ0) is 11.2. The molecule has 0 fully saturated rings. The van der Waals surface area contributed by atoms with Crippen molar-refractivity contribution in [3.05, 3.63) is 15.5 Å². The topological polar surface area (TPSA) is 51.2 Å². The summed E-state index contributed by atoms with van der Waals surface area (Å²) < 4.78 is 23.5. The van der Waals surface area contributed by atoms with Crippen molar-refractivity contribution in [2.45, 2.75) is 23.5 Å². The minimum Gasteiger partial charge on any atom is -0.294 e. The number of halogens is 1. The lowest BCUT2D eigenvalue weighted by Crippen LogP contribution is -2.12. The number of thiophene rings is 1. The van der Waals surface area contributed by atoms with Crippen LogP contribution in [-0.2, 0) is 16.3 Å². The number of rotatable bonds is 1. The molecule has 6 heteroatoms. The monoisotopic (exact) mass is 264 g/mol. The van der Waals surface area contributed by atoms with Crippen LogP contribution in [-0.4, -0.2) is 20.5 Å². The number of sulfone groups is 1. The van der Waals surface area contributed by atoms with E-state index in [1.54, 1.807) is 0 Å². The molecule has 1 aliphatic rings. The summed E-state index contributed by atoms with van der Waals surface area (Å²) in [7, 11) is -3.34. The van der Waals surface area contributed by atoms with Crippen molar-refractivity contribution in [2.75, 3.05) is 6.26 Å². The summed E-state index contributed by atoms with van der Waals surface area (Å²) in [4.78, 5) is 11.6. The molecule has 0 amide bonds. The van der Waals surface area contributed by atoms with Gasteiger partial charge in [-0.3, -0.25) is 4.79 Å². The summed E-state index contributed by atoms with van der Waals surface area (Å²) in [6.45, 7) is 0. The molecule has 2 rings (SSSR count). The van der Waals surface area contributed by atoms with Gasteiger partial charge in [0.05, 0.1) is 9.90 Å². The first kappa shape index (κ1) is 11.1. The zero-order valence-corrected chi connectivity index (χ0v) is 10.4. The van der Waals surface area contributed by atoms with E-state index in [0.29, 0.717) is 22.7 Å². The minimum atomic E-state index is -3.34. The SMILES string of the molecule is CS(=O)(=O)c1sc(Cl)c2c1C(=O)CCC2. The number of Topliss-reactive ketones (excluding diaryl/α,β-unsaturated/α-hetero) is 1. The van der Waals surface area contributed by atoms with Crippen LogP contribution in [0.3, 0.4) is 0 Å². The Bertz CT molecular complexity index is 528. The highest BCUT2D eigenvalue weighted by molar-refractivity contribution is 7.92. The maximum atomic E-state index is 11.6. The maximum Gasteiger partial charge on any atom is 0.185 e. The van der Waals surface area contributed by atoms with Crippen LogP contribution < -0.4 is 0 Å². The molecular formula is C9H9ClO3S2. The number of hydrogen-bond acceptors (Lipinski definition) is 4. The number of ketones is 1. The Morgan fingerprint density at radius 1 is 1.33 bits per heavy atom. The lowest BCUT2D eigenvalue weighted by Gasteiger charge is -2.11. The van der Waals surface area contributed by atoms with Crippen LogP contribution in [0.15, 0.2) is 4.21 Å². The van der Waals surface area contributed by atoms with Gasteiger partial charge in [-0.2, -0.15) is 0 Å². The first-order valence-corrected chi connectivity index (χ1v) is 7.54. The van der Waals surface area contributed by atoms with Gasteiger partial charge in [0.15, 0.2) is 15.6 Å². The second-order valence-corrected chi connectivity index (χ2v) is 7.40. The Hall–Kier alpha value is -0.390. The number of hydrogen-bond donors (Lipinski definition) is 0. The minimum absolute atomic E-state index is 0.0974. The van der Waals surface area contributed by atoms with Crippen molar-refractivity contribution in [3.63, 3.8) is 0 Å². The Labute approximate surface area is 97.0 Å². The molecule has 0 aliphatic heterocycles. The number of carbonyl (C=O) groups is 1. The van der Waals surface area contributed by atoms with Gasteiger partial charge in [0, 0.05) is 12.7 Å². The molecule has 1 aromatic rings. The second kappa shape index (κ2) is 3.57. The molecule has 82 valence electrons. The average Bonchev–Trinajstić information content (AvgIpc) is 2.45. The van der Waals surface area contributed by atoms with Gasteiger partial charge in [-0.15, -0.1) is 11.3 Å². The van der Waals surface area contributed by atoms with Gasteiger partial charge in [0.25, 0.3) is 0 Å². The fourth-order valence-corrected chi connectivity index (χ4v) is 4.58. The summed E-state index contributed by atoms with van der Waals surface area (Å²) in [6.07, 6.45) is 2.98. The molecule has 0 unspecified atom stereocenters. The van der Waals surface area contributed by atoms with Gasteiger partial charge < -0.3 is 0 Å². The van der Waals surface area contributed by atoms with Crippen molar-refractivity contribution in [2.24, 2.45) is 0 Å². The Morgan fingerprint density at radius 2 is 2.00 bits per heavy atom. The molecular weight excluding hydrogens is 256 g/mol. The summed E-state index contributed by atoms with van der Waals surface area (Å²) in [5, 5.41) is 0. The highest BCUT2D eigenvalue weighted by atomic mass is 35.5. The third-order valence-electron chi connectivity index (χ3n) is 2.37. The van der Waals surface area contributed by atoms with Crippen molar-refractivity contribution in [3.8, 4) is 0 Å². The number of fused-ring (bicyclic) bond motifs is 1. The van der Waals surface area contributed by atoms with Crippen molar-refractivity contribution < 1.29 is 13.2 Å². The van der Waals surface area contributed by atoms with E-state index in [1.165, 1.54) is 0 Å². The molecule has 3 nitrogen and oxygen atoms in total. The van der Waals surface area contributed by atoms with Crippen LogP contribution in [0.5, 0.6) is 0 Å². The van der Waals surface area contributed by atoms with E-state index in [-0.39, 0.29) is 9.99 Å². The smallest absolute Gasteiger partial charge is 0.185 e. The molecule has 0 radical (unpaired) electrons. The van der Waals surface area contributed by atoms with Gasteiger partial charge in [-0.25, -0.2) is 8.42 Å². The highest BCUT2D eigenvalue weighted by Crippen LogP contribution is 2.39. The van der Waals surface area contributed by atoms with Gasteiger partial charge >= 0.3 is 0 Å². The van der Waals surface area contributed by atoms with E-state index in [4.69, 9.17) is 11.6 Å². The van der Waals surface area contributed by atoms with E-state index < -0.39 is 9.84 Å². The molecule has 0 spiro atoms. The third-order valence-corrected chi connectivity index (χ3v) is 5.68. The zero-order valence-electron chi connectivity index (χ0n) is 8.04. The fraction of sp³-hybridized carbons (Fsp3) is 0.444. The molecule has 0 aromatic carbocycles. The van der Waals surface area contributed by atoms with E-state index >= 15 is 0 Å². The quantitative estimate of drug-likeness (QED) is 0.782. The van der Waals surface area contributed by atoms with E-state index in [1.807, 2.05) is 0 Å². The second-order valence-electron chi connectivity index (χ2n) is 3.57. The van der Waals surface area contributed by atoms with Crippen LogP contribution in [0.25, 0.3) is 0 Å². The summed E-state index contributed by atoms with van der Waals surface area (Å²) in [5.41, 5.74) is 1.07. The van der Waals surface area contributed by atoms with Gasteiger partial charge in [0.2, 0.25) is 0 Å². The molecule has 0 saturated carbocycles. The van der Waals surface area contributed by atoms with Crippen LogP contribution in [0.4, 0.5) is 0 Å². The van der Waals surface area contributed by atoms with Gasteiger partial charge in [-0.1, -0.05) is 11.6 Å². The first-order valence-electron chi connectivity index (χ1n) is 4.45. The maximum absolute atomic E-state index is 11.6.